The first-order valence-corrected chi connectivity index (χ1v) is 7.78. The van der Waals surface area contributed by atoms with Crippen LogP contribution in [0.25, 0.3) is 0 Å². The molecule has 5 nitrogen and oxygen atoms in total. The Hall–Kier alpha value is -0.850. The van der Waals surface area contributed by atoms with Gasteiger partial charge in [-0.3, -0.25) is 0 Å². The molecule has 0 saturated carbocycles. The summed E-state index contributed by atoms with van der Waals surface area (Å²) >= 11 is 7.29. The maximum absolute atomic E-state index is 11.6. The molecular weight excluding hydrogens is 300 g/mol. The molecule has 1 aromatic heterocycles. The number of carbonyl (C=O) groups is 1. The molecule has 0 amide bonds. The van der Waals surface area contributed by atoms with E-state index in [4.69, 9.17) is 21.1 Å². The fourth-order valence-corrected chi connectivity index (χ4v) is 3.28. The Kier molecular flexibility index (Phi) is 7.26. The van der Waals surface area contributed by atoms with Gasteiger partial charge in [0, 0.05) is 19.7 Å². The molecule has 0 atom stereocenters. The first kappa shape index (κ1) is 17.2. The molecule has 1 aromatic rings. The summed E-state index contributed by atoms with van der Waals surface area (Å²) in [5.74, 6) is -0.449. The van der Waals surface area contributed by atoms with Crippen LogP contribution in [0.4, 0.5) is 5.13 Å². The van der Waals surface area contributed by atoms with Gasteiger partial charge in [-0.05, 0) is 12.8 Å². The molecule has 0 radical (unpaired) electrons. The van der Waals surface area contributed by atoms with Crippen molar-refractivity contribution in [2.75, 3.05) is 32.3 Å². The summed E-state index contributed by atoms with van der Waals surface area (Å²) < 4.78 is 9.86. The van der Waals surface area contributed by atoms with E-state index in [0.29, 0.717) is 24.1 Å². The molecule has 7 heteroatoms. The molecule has 0 aliphatic carbocycles. The lowest BCUT2D eigenvalue weighted by Crippen LogP contribution is -2.37. The molecule has 0 fully saturated rings. The van der Waals surface area contributed by atoms with E-state index in [9.17, 15) is 4.79 Å². The van der Waals surface area contributed by atoms with Crippen LogP contribution in [0.15, 0.2) is 0 Å². The van der Waals surface area contributed by atoms with Gasteiger partial charge in [0.15, 0.2) is 15.2 Å². The van der Waals surface area contributed by atoms with Gasteiger partial charge in [-0.15, -0.1) is 0 Å². The maximum atomic E-state index is 11.6. The van der Waals surface area contributed by atoms with E-state index in [2.05, 4.69) is 23.7 Å². The number of hydrogen-bond acceptors (Lipinski definition) is 6. The molecule has 20 heavy (non-hydrogen) atoms. The van der Waals surface area contributed by atoms with Crippen LogP contribution in [0.3, 0.4) is 0 Å². The topological polar surface area (TPSA) is 51.7 Å². The van der Waals surface area contributed by atoms with Crippen LogP contribution >= 0.6 is 22.9 Å². The predicted molar refractivity (Wildman–Crippen MR) is 82.1 cm³/mol. The number of esters is 1. The van der Waals surface area contributed by atoms with E-state index in [-0.39, 0.29) is 5.15 Å². The summed E-state index contributed by atoms with van der Waals surface area (Å²) in [7, 11) is 3.00. The molecule has 114 valence electrons. The average Bonchev–Trinajstić information content (AvgIpc) is 2.84. The van der Waals surface area contributed by atoms with E-state index < -0.39 is 5.97 Å². The zero-order valence-electron chi connectivity index (χ0n) is 12.3. The Morgan fingerprint density at radius 1 is 1.40 bits per heavy atom. The number of rotatable bonds is 8. The molecule has 0 saturated heterocycles. The number of aromatic nitrogens is 1. The third-order valence-electron chi connectivity index (χ3n) is 3.11. The number of anilines is 1. The molecule has 0 aliphatic heterocycles. The zero-order chi connectivity index (χ0) is 15.1. The maximum Gasteiger partial charge on any atom is 0.351 e. The van der Waals surface area contributed by atoms with E-state index in [0.717, 1.165) is 18.0 Å². The highest BCUT2D eigenvalue weighted by Crippen LogP contribution is 2.32. The zero-order valence-corrected chi connectivity index (χ0v) is 13.9. The van der Waals surface area contributed by atoms with Crippen LogP contribution in [-0.2, 0) is 9.47 Å². The van der Waals surface area contributed by atoms with Gasteiger partial charge in [0.25, 0.3) is 0 Å². The second kappa shape index (κ2) is 8.44. The van der Waals surface area contributed by atoms with Gasteiger partial charge in [-0.2, -0.15) is 0 Å². The van der Waals surface area contributed by atoms with Gasteiger partial charge in [-0.25, -0.2) is 9.78 Å². The predicted octanol–water partition coefficient (Wildman–Crippen LogP) is 3.22. The van der Waals surface area contributed by atoms with Gasteiger partial charge in [0.1, 0.15) is 0 Å². The second-order valence-electron chi connectivity index (χ2n) is 4.26. The van der Waals surface area contributed by atoms with Gasteiger partial charge in [0.2, 0.25) is 0 Å². The highest BCUT2D eigenvalue weighted by Gasteiger charge is 2.23. The minimum Gasteiger partial charge on any atom is -0.465 e. The molecular formula is C13H21ClN2O3S. The fraction of sp³-hybridized carbons (Fsp3) is 0.692. The number of carbonyl (C=O) groups excluding carboxylic acids is 1. The van der Waals surface area contributed by atoms with Crippen molar-refractivity contribution in [3.63, 3.8) is 0 Å². The van der Waals surface area contributed by atoms with Crippen LogP contribution in [0.5, 0.6) is 0 Å². The fourth-order valence-electron chi connectivity index (χ4n) is 1.99. The molecule has 0 unspecified atom stereocenters. The highest BCUT2D eigenvalue weighted by molar-refractivity contribution is 7.18. The van der Waals surface area contributed by atoms with E-state index in [1.165, 1.54) is 18.4 Å². The Morgan fingerprint density at radius 2 is 2.05 bits per heavy atom. The first-order chi connectivity index (χ1) is 9.58. The lowest BCUT2D eigenvalue weighted by Gasteiger charge is -2.29. The van der Waals surface area contributed by atoms with E-state index in [1.807, 2.05) is 0 Å². The van der Waals surface area contributed by atoms with Crippen molar-refractivity contribution in [3.8, 4) is 0 Å². The van der Waals surface area contributed by atoms with Gasteiger partial charge < -0.3 is 14.4 Å². The molecule has 0 aliphatic rings. The van der Waals surface area contributed by atoms with E-state index in [1.54, 1.807) is 7.11 Å². The van der Waals surface area contributed by atoms with Crippen LogP contribution < -0.4 is 4.90 Å². The van der Waals surface area contributed by atoms with Crippen molar-refractivity contribution in [2.24, 2.45) is 0 Å². The van der Waals surface area contributed by atoms with Crippen LogP contribution in [0.2, 0.25) is 5.15 Å². The Balaban J connectivity index is 3.04. The molecule has 0 N–H and O–H groups in total. The minimum atomic E-state index is -0.449. The number of ether oxygens (including phenoxy) is 2. The molecule has 1 heterocycles. The van der Waals surface area contributed by atoms with Crippen LogP contribution in [-0.4, -0.2) is 44.4 Å². The summed E-state index contributed by atoms with van der Waals surface area (Å²) in [6, 6.07) is 0.345. The SMILES string of the molecule is CCC(CC)N(CCOC)c1nc(Cl)c(C(=O)OC)s1. The van der Waals surface area contributed by atoms with Gasteiger partial charge in [-0.1, -0.05) is 36.8 Å². The summed E-state index contributed by atoms with van der Waals surface area (Å²) in [6.45, 7) is 5.57. The standard InChI is InChI=1S/C13H21ClN2O3S/c1-5-9(6-2)16(7-8-18-3)13-15-11(14)10(20-13)12(17)19-4/h9H,5-8H2,1-4H3. The van der Waals surface area contributed by atoms with Crippen molar-refractivity contribution in [3.05, 3.63) is 10.0 Å². The van der Waals surface area contributed by atoms with Crippen molar-refractivity contribution in [2.45, 2.75) is 32.7 Å². The molecule has 0 spiro atoms. The van der Waals surface area contributed by atoms with Crippen molar-refractivity contribution >= 4 is 34.0 Å². The van der Waals surface area contributed by atoms with Crippen LogP contribution in [0.1, 0.15) is 36.4 Å². The largest absolute Gasteiger partial charge is 0.465 e. The van der Waals surface area contributed by atoms with Crippen molar-refractivity contribution < 1.29 is 14.3 Å². The highest BCUT2D eigenvalue weighted by atomic mass is 35.5. The quantitative estimate of drug-likeness (QED) is 0.688. The van der Waals surface area contributed by atoms with Crippen molar-refractivity contribution in [1.82, 2.24) is 4.98 Å². The monoisotopic (exact) mass is 320 g/mol. The molecule has 0 aromatic carbocycles. The summed E-state index contributed by atoms with van der Waals surface area (Å²) in [5, 5.41) is 0.936. The summed E-state index contributed by atoms with van der Waals surface area (Å²) in [4.78, 5) is 18.4. The number of thiazole rings is 1. The Morgan fingerprint density at radius 3 is 2.55 bits per heavy atom. The number of nitrogens with zero attached hydrogens (tertiary/aromatic N) is 2. The van der Waals surface area contributed by atoms with Gasteiger partial charge >= 0.3 is 5.97 Å². The third kappa shape index (κ3) is 4.07. The Bertz CT molecular complexity index is 435. The van der Waals surface area contributed by atoms with Crippen LogP contribution in [0, 0.1) is 0 Å². The third-order valence-corrected chi connectivity index (χ3v) is 4.57. The summed E-state index contributed by atoms with van der Waals surface area (Å²) in [5.41, 5.74) is 0. The number of halogens is 1. The summed E-state index contributed by atoms with van der Waals surface area (Å²) in [6.07, 6.45) is 1.98. The average molecular weight is 321 g/mol. The number of methoxy groups -OCH3 is 2. The Labute approximate surface area is 128 Å². The molecule has 0 bridgehead atoms. The number of hydrogen-bond donors (Lipinski definition) is 0. The smallest absolute Gasteiger partial charge is 0.351 e. The second-order valence-corrected chi connectivity index (χ2v) is 5.60. The minimum absolute atomic E-state index is 0.199. The normalized spacial score (nSPS) is 10.9. The van der Waals surface area contributed by atoms with Gasteiger partial charge in [0.05, 0.1) is 13.7 Å². The lowest BCUT2D eigenvalue weighted by atomic mass is 10.1. The lowest BCUT2D eigenvalue weighted by molar-refractivity contribution is 0.0606. The molecule has 1 rings (SSSR count). The van der Waals surface area contributed by atoms with E-state index >= 15 is 0 Å². The first-order valence-electron chi connectivity index (χ1n) is 6.59. The van der Waals surface area contributed by atoms with Crippen molar-refractivity contribution in [1.29, 1.82) is 0 Å².